The number of rotatable bonds is 3. The summed E-state index contributed by atoms with van der Waals surface area (Å²) in [5.41, 5.74) is 5.91. The van der Waals surface area contributed by atoms with Gasteiger partial charge in [-0.1, -0.05) is 35.9 Å². The van der Waals surface area contributed by atoms with Gasteiger partial charge in [-0.15, -0.1) is 0 Å². The maximum Gasteiger partial charge on any atom is 0.258 e. The number of fused-ring (bicyclic) bond motifs is 1. The molecule has 1 aromatic heterocycles. The summed E-state index contributed by atoms with van der Waals surface area (Å²) in [7, 11) is 0. The van der Waals surface area contributed by atoms with E-state index in [1.165, 1.54) is 5.56 Å². The molecule has 0 aliphatic carbocycles. The smallest absolute Gasteiger partial charge is 0.258 e. The predicted molar refractivity (Wildman–Crippen MR) is 107 cm³/mol. The van der Waals surface area contributed by atoms with Gasteiger partial charge in [-0.2, -0.15) is 16.9 Å². The highest BCUT2D eigenvalue weighted by atomic mass is 35.5. The Morgan fingerprint density at radius 3 is 2.77 bits per heavy atom. The van der Waals surface area contributed by atoms with Crippen LogP contribution >= 0.6 is 23.4 Å². The van der Waals surface area contributed by atoms with E-state index in [1.807, 2.05) is 40.7 Å². The first-order valence-corrected chi connectivity index (χ1v) is 9.90. The van der Waals surface area contributed by atoms with Crippen LogP contribution < -0.4 is 5.32 Å². The van der Waals surface area contributed by atoms with E-state index >= 15 is 0 Å². The van der Waals surface area contributed by atoms with Crippen molar-refractivity contribution >= 4 is 35.1 Å². The molecule has 1 N–H and O–H groups in total. The molecule has 0 saturated carbocycles. The van der Waals surface area contributed by atoms with E-state index in [-0.39, 0.29) is 5.91 Å². The molecule has 132 valence electrons. The lowest BCUT2D eigenvalue weighted by molar-refractivity contribution is 0.102. The summed E-state index contributed by atoms with van der Waals surface area (Å²) in [5.74, 6) is 2.23. The Balaban J connectivity index is 1.80. The first kappa shape index (κ1) is 17.2. The van der Waals surface area contributed by atoms with Crippen LogP contribution in [0.5, 0.6) is 0 Å². The van der Waals surface area contributed by atoms with Crippen LogP contribution in [0.25, 0.3) is 5.69 Å². The molecule has 26 heavy (non-hydrogen) atoms. The van der Waals surface area contributed by atoms with Gasteiger partial charge in [0.1, 0.15) is 5.82 Å². The molecule has 3 aromatic rings. The van der Waals surface area contributed by atoms with E-state index in [4.69, 9.17) is 16.7 Å². The van der Waals surface area contributed by atoms with E-state index < -0.39 is 0 Å². The maximum absolute atomic E-state index is 12.8. The lowest BCUT2D eigenvalue weighted by atomic mass is 10.1. The minimum absolute atomic E-state index is 0.221. The molecule has 0 saturated heterocycles. The molecular weight excluding hydrogens is 366 g/mol. The second kappa shape index (κ2) is 6.82. The Morgan fingerprint density at radius 1 is 1.15 bits per heavy atom. The third-order valence-electron chi connectivity index (χ3n) is 4.71. The number of benzene rings is 2. The normalized spacial score (nSPS) is 12.9. The number of carbonyl (C=O) groups excluding carboxylic acids is 1. The van der Waals surface area contributed by atoms with Gasteiger partial charge in [-0.3, -0.25) is 4.79 Å². The number of nitrogens with zero attached hydrogens (tertiary/aromatic N) is 2. The van der Waals surface area contributed by atoms with Gasteiger partial charge in [0.15, 0.2) is 0 Å². The second-order valence-corrected chi connectivity index (χ2v) is 7.72. The molecule has 1 aliphatic heterocycles. The number of aryl methyl sites for hydroxylation is 1. The van der Waals surface area contributed by atoms with E-state index in [9.17, 15) is 4.79 Å². The van der Waals surface area contributed by atoms with Crippen molar-refractivity contribution in [2.75, 3.05) is 5.32 Å². The van der Waals surface area contributed by atoms with Gasteiger partial charge in [-0.05, 0) is 43.2 Å². The zero-order chi connectivity index (χ0) is 18.3. The first-order chi connectivity index (χ1) is 12.6. The maximum atomic E-state index is 12.8. The van der Waals surface area contributed by atoms with Gasteiger partial charge < -0.3 is 5.32 Å². The van der Waals surface area contributed by atoms with Gasteiger partial charge in [0.2, 0.25) is 0 Å². The summed E-state index contributed by atoms with van der Waals surface area (Å²) in [6.45, 7) is 4.15. The van der Waals surface area contributed by atoms with E-state index in [2.05, 4.69) is 25.2 Å². The predicted octanol–water partition coefficient (Wildman–Crippen LogP) is 5.14. The number of hydrogen-bond acceptors (Lipinski definition) is 3. The second-order valence-electron chi connectivity index (χ2n) is 6.33. The minimum atomic E-state index is -0.221. The minimum Gasteiger partial charge on any atom is -0.306 e. The van der Waals surface area contributed by atoms with Crippen molar-refractivity contribution in [3.63, 3.8) is 0 Å². The Hall–Kier alpha value is -2.24. The standard InChI is InChI=1S/C20H18ClN3OS/c1-12-6-5-9-18(13(12)2)24-19(15-10-26-11-17(15)23-24)22-20(25)14-7-3-4-8-16(14)21/h3-9H,10-11H2,1-2H3,(H,22,25). The highest BCUT2D eigenvalue weighted by molar-refractivity contribution is 7.98. The molecule has 2 heterocycles. The van der Waals surface area contributed by atoms with Crippen molar-refractivity contribution in [3.05, 3.63) is 75.4 Å². The van der Waals surface area contributed by atoms with Crippen molar-refractivity contribution in [1.82, 2.24) is 9.78 Å². The Kier molecular flexibility index (Phi) is 4.51. The molecule has 0 atom stereocenters. The highest BCUT2D eigenvalue weighted by Crippen LogP contribution is 2.37. The van der Waals surface area contributed by atoms with Crippen molar-refractivity contribution in [2.24, 2.45) is 0 Å². The fraction of sp³-hybridized carbons (Fsp3) is 0.200. The topological polar surface area (TPSA) is 46.9 Å². The lowest BCUT2D eigenvalue weighted by Gasteiger charge is -2.14. The Bertz CT molecular complexity index is 1010. The van der Waals surface area contributed by atoms with Crippen molar-refractivity contribution in [3.8, 4) is 5.69 Å². The molecule has 4 rings (SSSR count). The lowest BCUT2D eigenvalue weighted by Crippen LogP contribution is -2.17. The number of thioether (sulfide) groups is 1. The van der Waals surface area contributed by atoms with Crippen molar-refractivity contribution in [2.45, 2.75) is 25.4 Å². The van der Waals surface area contributed by atoms with Crippen molar-refractivity contribution < 1.29 is 4.79 Å². The summed E-state index contributed by atoms with van der Waals surface area (Å²) >= 11 is 8.00. The molecule has 4 nitrogen and oxygen atoms in total. The van der Waals surface area contributed by atoms with E-state index in [0.29, 0.717) is 10.6 Å². The number of hydrogen-bond donors (Lipinski definition) is 1. The summed E-state index contributed by atoms with van der Waals surface area (Å²) in [4.78, 5) is 12.8. The zero-order valence-electron chi connectivity index (χ0n) is 14.5. The fourth-order valence-corrected chi connectivity index (χ4v) is 4.36. The zero-order valence-corrected chi connectivity index (χ0v) is 16.1. The van der Waals surface area contributed by atoms with Crippen LogP contribution in [-0.4, -0.2) is 15.7 Å². The quantitative estimate of drug-likeness (QED) is 0.681. The molecule has 0 fully saturated rings. The molecule has 0 unspecified atom stereocenters. The van der Waals surface area contributed by atoms with E-state index in [1.54, 1.807) is 12.1 Å². The number of nitrogens with one attached hydrogen (secondary N) is 1. The Labute approximate surface area is 161 Å². The third-order valence-corrected chi connectivity index (χ3v) is 6.01. The number of aromatic nitrogens is 2. The van der Waals surface area contributed by atoms with Gasteiger partial charge in [0.05, 0.1) is 22.0 Å². The van der Waals surface area contributed by atoms with Gasteiger partial charge >= 0.3 is 0 Å². The molecule has 0 bridgehead atoms. The average molecular weight is 384 g/mol. The van der Waals surface area contributed by atoms with Gasteiger partial charge in [0, 0.05) is 17.1 Å². The van der Waals surface area contributed by atoms with Crippen LogP contribution in [0.3, 0.4) is 0 Å². The number of halogens is 1. The average Bonchev–Trinajstić information content (AvgIpc) is 3.20. The Morgan fingerprint density at radius 2 is 1.96 bits per heavy atom. The summed E-state index contributed by atoms with van der Waals surface area (Å²) in [6, 6.07) is 13.2. The van der Waals surface area contributed by atoms with Gasteiger partial charge in [0.25, 0.3) is 5.91 Å². The summed E-state index contributed by atoms with van der Waals surface area (Å²) in [6.07, 6.45) is 0. The first-order valence-electron chi connectivity index (χ1n) is 8.37. The van der Waals surface area contributed by atoms with Crippen LogP contribution in [0.15, 0.2) is 42.5 Å². The monoisotopic (exact) mass is 383 g/mol. The third kappa shape index (κ3) is 2.91. The molecule has 0 radical (unpaired) electrons. The summed E-state index contributed by atoms with van der Waals surface area (Å²) < 4.78 is 1.86. The van der Waals surface area contributed by atoms with Crippen LogP contribution in [0.4, 0.5) is 5.82 Å². The molecular formula is C20H18ClN3OS. The van der Waals surface area contributed by atoms with Gasteiger partial charge in [-0.25, -0.2) is 4.68 Å². The fourth-order valence-electron chi connectivity index (χ4n) is 3.10. The van der Waals surface area contributed by atoms with Crippen LogP contribution in [0, 0.1) is 13.8 Å². The van der Waals surface area contributed by atoms with Crippen LogP contribution in [-0.2, 0) is 11.5 Å². The molecule has 1 aliphatic rings. The van der Waals surface area contributed by atoms with E-state index in [0.717, 1.165) is 39.8 Å². The number of anilines is 1. The summed E-state index contributed by atoms with van der Waals surface area (Å²) in [5, 5.41) is 8.28. The number of carbonyl (C=O) groups is 1. The molecule has 0 spiro atoms. The molecule has 1 amide bonds. The SMILES string of the molecule is Cc1cccc(-n2nc3c(c2NC(=O)c2ccccc2Cl)CSC3)c1C. The molecule has 6 heteroatoms. The molecule has 2 aromatic carbocycles. The van der Waals surface area contributed by atoms with Crippen LogP contribution in [0.1, 0.15) is 32.7 Å². The largest absolute Gasteiger partial charge is 0.306 e. The van der Waals surface area contributed by atoms with Crippen LogP contribution in [0.2, 0.25) is 5.02 Å². The highest BCUT2D eigenvalue weighted by Gasteiger charge is 2.26. The number of amides is 1. The van der Waals surface area contributed by atoms with Crippen molar-refractivity contribution in [1.29, 1.82) is 0 Å².